The Morgan fingerprint density at radius 1 is 1.47 bits per heavy atom. The molecule has 0 spiro atoms. The van der Waals surface area contributed by atoms with Gasteiger partial charge in [-0.15, -0.1) is 0 Å². The first-order valence-electron chi connectivity index (χ1n) is 5.45. The van der Waals surface area contributed by atoms with E-state index in [-0.39, 0.29) is 5.91 Å². The molecule has 1 aromatic rings. The van der Waals surface area contributed by atoms with Crippen molar-refractivity contribution in [2.24, 2.45) is 5.41 Å². The number of para-hydroxylation sites is 2. The third kappa shape index (κ3) is 3.22. The maximum Gasteiger partial charge on any atom is 0.244 e. The molecule has 0 fully saturated rings. The van der Waals surface area contributed by atoms with Gasteiger partial charge in [-0.05, 0) is 32.9 Å². The van der Waals surface area contributed by atoms with Crippen LogP contribution in [0, 0.1) is 16.7 Å². The highest BCUT2D eigenvalue weighted by molar-refractivity contribution is 5.97. The molecule has 1 N–H and O–H groups in total. The van der Waals surface area contributed by atoms with Gasteiger partial charge in [0, 0.05) is 0 Å². The van der Waals surface area contributed by atoms with Crippen molar-refractivity contribution >= 4 is 11.6 Å². The highest BCUT2D eigenvalue weighted by Gasteiger charge is 2.27. The molecule has 0 saturated carbocycles. The fourth-order valence-corrected chi connectivity index (χ4v) is 1.18. The number of nitrogens with one attached hydrogen (secondary N) is 1. The molecule has 0 aliphatic heterocycles. The van der Waals surface area contributed by atoms with Crippen molar-refractivity contribution in [2.45, 2.75) is 20.8 Å². The van der Waals surface area contributed by atoms with E-state index < -0.39 is 5.41 Å². The Morgan fingerprint density at radius 3 is 2.71 bits per heavy atom. The topological polar surface area (TPSA) is 62.1 Å². The lowest BCUT2D eigenvalue weighted by Gasteiger charge is -2.17. The molecule has 0 radical (unpaired) electrons. The molecule has 0 saturated heterocycles. The summed E-state index contributed by atoms with van der Waals surface area (Å²) < 4.78 is 5.39. The summed E-state index contributed by atoms with van der Waals surface area (Å²) in [4.78, 5) is 11.8. The number of carbonyl (C=O) groups is 1. The van der Waals surface area contributed by atoms with E-state index in [1.165, 1.54) is 0 Å². The van der Waals surface area contributed by atoms with E-state index in [9.17, 15) is 4.79 Å². The Balaban J connectivity index is 2.89. The first-order valence-corrected chi connectivity index (χ1v) is 5.45. The van der Waals surface area contributed by atoms with Gasteiger partial charge in [0.1, 0.15) is 11.2 Å². The summed E-state index contributed by atoms with van der Waals surface area (Å²) in [5.41, 5.74) is -0.470. The fraction of sp³-hybridized carbons (Fsp3) is 0.385. The van der Waals surface area contributed by atoms with Crippen LogP contribution >= 0.6 is 0 Å². The number of anilines is 1. The molecule has 1 aromatic carbocycles. The fourth-order valence-electron chi connectivity index (χ4n) is 1.18. The van der Waals surface area contributed by atoms with E-state index >= 15 is 0 Å². The number of amides is 1. The van der Waals surface area contributed by atoms with E-state index in [0.717, 1.165) is 0 Å². The lowest BCUT2D eigenvalue weighted by atomic mass is 9.94. The van der Waals surface area contributed by atoms with Crippen molar-refractivity contribution in [3.8, 4) is 11.8 Å². The quantitative estimate of drug-likeness (QED) is 0.867. The predicted octanol–water partition coefficient (Wildman–Crippen LogP) is 2.57. The maximum atomic E-state index is 11.8. The molecule has 1 amide bonds. The van der Waals surface area contributed by atoms with Crippen LogP contribution in [0.5, 0.6) is 5.75 Å². The number of hydrogen-bond donors (Lipinski definition) is 1. The molecule has 1 rings (SSSR count). The largest absolute Gasteiger partial charge is 0.492 e. The highest BCUT2D eigenvalue weighted by Crippen LogP contribution is 2.26. The SMILES string of the molecule is CCOc1ccccc1NC(=O)C(C)(C)C#N. The molecular formula is C13H16N2O2. The van der Waals surface area contributed by atoms with E-state index in [0.29, 0.717) is 18.0 Å². The van der Waals surface area contributed by atoms with Crippen molar-refractivity contribution in [3.05, 3.63) is 24.3 Å². The number of rotatable bonds is 4. The second-order valence-electron chi connectivity index (χ2n) is 4.12. The van der Waals surface area contributed by atoms with Gasteiger partial charge in [-0.2, -0.15) is 5.26 Å². The van der Waals surface area contributed by atoms with Crippen LogP contribution in [0.3, 0.4) is 0 Å². The second kappa shape index (κ2) is 5.35. The van der Waals surface area contributed by atoms with E-state index in [2.05, 4.69) is 5.32 Å². The minimum absolute atomic E-state index is 0.341. The first kappa shape index (κ1) is 13.0. The molecule has 0 aliphatic carbocycles. The Bertz CT molecular complexity index is 447. The van der Waals surface area contributed by atoms with Gasteiger partial charge in [-0.25, -0.2) is 0 Å². The van der Waals surface area contributed by atoms with Crippen LogP contribution in [-0.4, -0.2) is 12.5 Å². The van der Waals surface area contributed by atoms with Crippen molar-refractivity contribution in [1.82, 2.24) is 0 Å². The van der Waals surface area contributed by atoms with Crippen LogP contribution in [0.15, 0.2) is 24.3 Å². The molecule has 0 aromatic heterocycles. The van der Waals surface area contributed by atoms with Crippen molar-refractivity contribution in [3.63, 3.8) is 0 Å². The van der Waals surface area contributed by atoms with Gasteiger partial charge < -0.3 is 10.1 Å². The van der Waals surface area contributed by atoms with Crippen LogP contribution in [0.1, 0.15) is 20.8 Å². The molecule has 4 heteroatoms. The van der Waals surface area contributed by atoms with E-state index in [4.69, 9.17) is 10.00 Å². The average Bonchev–Trinajstić information content (AvgIpc) is 2.32. The second-order valence-corrected chi connectivity index (χ2v) is 4.12. The van der Waals surface area contributed by atoms with Crippen LogP contribution in [-0.2, 0) is 4.79 Å². The van der Waals surface area contributed by atoms with Crippen LogP contribution in [0.4, 0.5) is 5.69 Å². The maximum absolute atomic E-state index is 11.8. The Labute approximate surface area is 101 Å². The minimum Gasteiger partial charge on any atom is -0.492 e. The molecule has 4 nitrogen and oxygen atoms in total. The summed E-state index contributed by atoms with van der Waals surface area (Å²) in [5.74, 6) is 0.268. The zero-order chi connectivity index (χ0) is 12.9. The Hall–Kier alpha value is -2.02. The van der Waals surface area contributed by atoms with Gasteiger partial charge in [0.15, 0.2) is 0 Å². The minimum atomic E-state index is -1.06. The van der Waals surface area contributed by atoms with Crippen LogP contribution in [0.25, 0.3) is 0 Å². The number of benzene rings is 1. The molecule has 90 valence electrons. The van der Waals surface area contributed by atoms with Gasteiger partial charge in [0.2, 0.25) is 5.91 Å². The molecule has 0 unspecified atom stereocenters. The van der Waals surface area contributed by atoms with Gasteiger partial charge in [0.05, 0.1) is 18.4 Å². The Morgan fingerprint density at radius 2 is 2.12 bits per heavy atom. The standard InChI is InChI=1S/C13H16N2O2/c1-4-17-11-8-6-5-7-10(11)15-12(16)13(2,3)9-14/h5-8H,4H2,1-3H3,(H,15,16). The number of nitrogens with zero attached hydrogens (tertiary/aromatic N) is 1. The Kier molecular flexibility index (Phi) is 4.11. The summed E-state index contributed by atoms with van der Waals surface area (Å²) in [6, 6.07) is 9.12. The van der Waals surface area contributed by atoms with Crippen molar-refractivity contribution in [2.75, 3.05) is 11.9 Å². The monoisotopic (exact) mass is 232 g/mol. The first-order chi connectivity index (χ1) is 8.01. The number of nitriles is 1. The molecule has 0 aliphatic rings. The van der Waals surface area contributed by atoms with Gasteiger partial charge in [-0.1, -0.05) is 12.1 Å². The predicted molar refractivity (Wildman–Crippen MR) is 65.6 cm³/mol. The molecule has 17 heavy (non-hydrogen) atoms. The van der Waals surface area contributed by atoms with Gasteiger partial charge in [-0.3, -0.25) is 4.79 Å². The summed E-state index contributed by atoms with van der Waals surface area (Å²) in [6.07, 6.45) is 0. The smallest absolute Gasteiger partial charge is 0.244 e. The van der Waals surface area contributed by atoms with Crippen molar-refractivity contribution < 1.29 is 9.53 Å². The third-order valence-electron chi connectivity index (χ3n) is 2.28. The molecule has 0 bridgehead atoms. The molecule has 0 heterocycles. The summed E-state index contributed by atoms with van der Waals surface area (Å²) in [6.45, 7) is 5.55. The average molecular weight is 232 g/mol. The lowest BCUT2D eigenvalue weighted by Crippen LogP contribution is -2.29. The normalized spacial score (nSPS) is 10.5. The molecule has 0 atom stereocenters. The van der Waals surface area contributed by atoms with Gasteiger partial charge >= 0.3 is 0 Å². The summed E-state index contributed by atoms with van der Waals surface area (Å²) in [7, 11) is 0. The van der Waals surface area contributed by atoms with Crippen LogP contribution < -0.4 is 10.1 Å². The van der Waals surface area contributed by atoms with E-state index in [1.54, 1.807) is 32.0 Å². The van der Waals surface area contributed by atoms with Crippen LogP contribution in [0.2, 0.25) is 0 Å². The van der Waals surface area contributed by atoms with Gasteiger partial charge in [0.25, 0.3) is 0 Å². The number of ether oxygens (including phenoxy) is 1. The lowest BCUT2D eigenvalue weighted by molar-refractivity contribution is -0.121. The zero-order valence-corrected chi connectivity index (χ0v) is 10.3. The summed E-state index contributed by atoms with van der Waals surface area (Å²) in [5, 5.41) is 11.6. The van der Waals surface area contributed by atoms with E-state index in [1.807, 2.05) is 19.1 Å². The van der Waals surface area contributed by atoms with Crippen molar-refractivity contribution in [1.29, 1.82) is 5.26 Å². The molecular weight excluding hydrogens is 216 g/mol. The third-order valence-corrected chi connectivity index (χ3v) is 2.28. The highest BCUT2D eigenvalue weighted by atomic mass is 16.5. The number of carbonyl (C=O) groups excluding carboxylic acids is 1. The zero-order valence-electron chi connectivity index (χ0n) is 10.3. The summed E-state index contributed by atoms with van der Waals surface area (Å²) >= 11 is 0. The number of hydrogen-bond acceptors (Lipinski definition) is 3.